The molecule has 0 saturated carbocycles. The van der Waals surface area contributed by atoms with Gasteiger partial charge in [-0.05, 0) is 43.3 Å². The van der Waals surface area contributed by atoms with Gasteiger partial charge in [-0.15, -0.1) is 0 Å². The lowest BCUT2D eigenvalue weighted by Gasteiger charge is -2.19. The van der Waals surface area contributed by atoms with Gasteiger partial charge in [0.05, 0.1) is 0 Å². The van der Waals surface area contributed by atoms with E-state index in [0.29, 0.717) is 26.8 Å². The molecule has 0 amide bonds. The summed E-state index contributed by atoms with van der Waals surface area (Å²) in [5, 5.41) is 5.71. The molecule has 0 unspecified atom stereocenters. The molecule has 0 bridgehead atoms. The zero-order valence-electron chi connectivity index (χ0n) is 14.2. The lowest BCUT2D eigenvalue weighted by molar-refractivity contribution is -0.107. The fourth-order valence-corrected chi connectivity index (χ4v) is 2.33. The Balaban J connectivity index is 2.73. The number of anilines is 1. The molecule has 0 radical (unpaired) electrons. The Morgan fingerprint density at radius 1 is 1.04 bits per heavy atom. The van der Waals surface area contributed by atoms with Gasteiger partial charge >= 0.3 is 0 Å². The zero-order chi connectivity index (χ0) is 19.1. The number of thiocarbonyl (C=S) groups is 1. The average molecular weight is 378 g/mol. The van der Waals surface area contributed by atoms with Gasteiger partial charge in [-0.25, -0.2) is 17.6 Å². The molecule has 0 aliphatic rings. The van der Waals surface area contributed by atoms with Crippen molar-refractivity contribution < 1.29 is 22.4 Å². The highest BCUT2D eigenvalue weighted by molar-refractivity contribution is 7.80. The van der Waals surface area contributed by atoms with Crippen molar-refractivity contribution >= 4 is 29.3 Å². The molecule has 0 fully saturated rings. The van der Waals surface area contributed by atoms with Crippen molar-refractivity contribution in [2.75, 3.05) is 11.9 Å². The zero-order valence-corrected chi connectivity index (χ0v) is 15.0. The number of aldehydes is 1. The number of hydrogen-bond acceptors (Lipinski definition) is 2. The van der Waals surface area contributed by atoms with Crippen molar-refractivity contribution in [3.63, 3.8) is 0 Å². The van der Waals surface area contributed by atoms with Crippen LogP contribution in [0, 0.1) is 0 Å². The number of unbranched alkanes of at least 4 members (excludes halogenated alkanes) is 3. The first-order chi connectivity index (χ1) is 11.5. The summed E-state index contributed by atoms with van der Waals surface area (Å²) >= 11 is 5.06. The lowest BCUT2D eigenvalue weighted by Crippen LogP contribution is -2.29. The third-order valence-electron chi connectivity index (χ3n) is 3.49. The SMILES string of the molecule is CC(F)(F)c1cc(NC(=S)NCCCCCC=O)cc(C(C)(F)F)c1. The average Bonchev–Trinajstić information content (AvgIpc) is 2.48. The highest BCUT2D eigenvalue weighted by Crippen LogP contribution is 2.35. The van der Waals surface area contributed by atoms with E-state index in [4.69, 9.17) is 12.2 Å². The molecule has 3 nitrogen and oxygen atoms in total. The van der Waals surface area contributed by atoms with Crippen molar-refractivity contribution in [3.8, 4) is 0 Å². The van der Waals surface area contributed by atoms with Gasteiger partial charge in [-0.1, -0.05) is 6.42 Å². The first-order valence-electron chi connectivity index (χ1n) is 7.94. The van der Waals surface area contributed by atoms with E-state index < -0.39 is 23.0 Å². The molecule has 0 aromatic heterocycles. The van der Waals surface area contributed by atoms with E-state index in [1.54, 1.807) is 0 Å². The van der Waals surface area contributed by atoms with E-state index in [0.717, 1.165) is 43.7 Å². The minimum atomic E-state index is -3.24. The summed E-state index contributed by atoms with van der Waals surface area (Å²) < 4.78 is 54.2. The summed E-state index contributed by atoms with van der Waals surface area (Å²) in [6, 6.07) is 3.01. The van der Waals surface area contributed by atoms with Crippen LogP contribution in [0.5, 0.6) is 0 Å². The predicted molar refractivity (Wildman–Crippen MR) is 94.3 cm³/mol. The van der Waals surface area contributed by atoms with Crippen LogP contribution in [0.2, 0.25) is 0 Å². The van der Waals surface area contributed by atoms with Gasteiger partial charge in [-0.3, -0.25) is 0 Å². The van der Waals surface area contributed by atoms with Crippen LogP contribution in [0.4, 0.5) is 23.2 Å². The Hall–Kier alpha value is -1.70. The van der Waals surface area contributed by atoms with Gasteiger partial charge in [0.1, 0.15) is 6.29 Å². The molecular weight excluding hydrogens is 356 g/mol. The van der Waals surface area contributed by atoms with Crippen LogP contribution >= 0.6 is 12.2 Å². The molecule has 0 heterocycles. The summed E-state index contributed by atoms with van der Waals surface area (Å²) in [5.41, 5.74) is -0.939. The number of nitrogens with one attached hydrogen (secondary N) is 2. The molecular formula is C17H22F4N2OS. The molecule has 0 saturated heterocycles. The molecule has 0 spiro atoms. The first kappa shape index (κ1) is 21.3. The van der Waals surface area contributed by atoms with Crippen molar-refractivity contribution in [1.82, 2.24) is 5.32 Å². The highest BCUT2D eigenvalue weighted by Gasteiger charge is 2.30. The third kappa shape index (κ3) is 7.81. The Bertz CT molecular complexity index is 565. The molecule has 2 N–H and O–H groups in total. The van der Waals surface area contributed by atoms with Crippen LogP contribution in [-0.2, 0) is 16.6 Å². The van der Waals surface area contributed by atoms with E-state index in [9.17, 15) is 22.4 Å². The second-order valence-corrected chi connectivity index (χ2v) is 6.38. The maximum Gasteiger partial charge on any atom is 0.270 e. The van der Waals surface area contributed by atoms with E-state index >= 15 is 0 Å². The maximum absolute atomic E-state index is 13.5. The summed E-state index contributed by atoms with van der Waals surface area (Å²) in [5.74, 6) is -6.49. The fourth-order valence-electron chi connectivity index (χ4n) is 2.11. The number of halogens is 4. The maximum atomic E-state index is 13.5. The Kier molecular flexibility index (Phi) is 7.79. The van der Waals surface area contributed by atoms with Gasteiger partial charge in [0.2, 0.25) is 0 Å². The van der Waals surface area contributed by atoms with E-state index in [1.807, 2.05) is 0 Å². The van der Waals surface area contributed by atoms with Crippen LogP contribution in [0.15, 0.2) is 18.2 Å². The van der Waals surface area contributed by atoms with Gasteiger partial charge in [0.25, 0.3) is 11.8 Å². The molecule has 25 heavy (non-hydrogen) atoms. The minimum Gasteiger partial charge on any atom is -0.362 e. The molecule has 1 aromatic rings. The van der Waals surface area contributed by atoms with Crippen molar-refractivity contribution in [1.29, 1.82) is 0 Å². The quantitative estimate of drug-likeness (QED) is 0.276. The van der Waals surface area contributed by atoms with Gasteiger partial charge in [0, 0.05) is 43.6 Å². The normalized spacial score (nSPS) is 11.9. The van der Waals surface area contributed by atoms with Crippen LogP contribution in [0.1, 0.15) is 50.7 Å². The topological polar surface area (TPSA) is 41.1 Å². The van der Waals surface area contributed by atoms with Gasteiger partial charge in [0.15, 0.2) is 5.11 Å². The van der Waals surface area contributed by atoms with Gasteiger partial charge in [-0.2, -0.15) is 0 Å². The van der Waals surface area contributed by atoms with Crippen LogP contribution < -0.4 is 10.6 Å². The molecule has 0 atom stereocenters. The number of carbonyl (C=O) groups is 1. The predicted octanol–water partition coefficient (Wildman–Crippen LogP) is 4.96. The standard InChI is InChI=1S/C17H22F4N2OS/c1-16(18,19)12-9-13(17(2,20)21)11-14(10-12)23-15(25)22-7-5-3-4-6-8-24/h8-11H,3-7H2,1-2H3,(H2,22,23,25). The Morgan fingerprint density at radius 2 is 1.60 bits per heavy atom. The summed E-state index contributed by atoms with van der Waals surface area (Å²) in [4.78, 5) is 10.2. The highest BCUT2D eigenvalue weighted by atomic mass is 32.1. The molecule has 1 rings (SSSR count). The van der Waals surface area contributed by atoms with E-state index in [-0.39, 0.29) is 10.8 Å². The summed E-state index contributed by atoms with van der Waals surface area (Å²) in [7, 11) is 0. The van der Waals surface area contributed by atoms with Crippen molar-refractivity contribution in [3.05, 3.63) is 29.3 Å². The number of benzene rings is 1. The molecule has 1 aromatic carbocycles. The molecule has 0 aliphatic carbocycles. The third-order valence-corrected chi connectivity index (χ3v) is 3.74. The second-order valence-electron chi connectivity index (χ2n) is 5.97. The summed E-state index contributed by atoms with van der Waals surface area (Å²) in [6.07, 6.45) is 3.78. The largest absolute Gasteiger partial charge is 0.362 e. The van der Waals surface area contributed by atoms with Crippen molar-refractivity contribution in [2.45, 2.75) is 51.4 Å². The van der Waals surface area contributed by atoms with Crippen LogP contribution in [0.3, 0.4) is 0 Å². The smallest absolute Gasteiger partial charge is 0.270 e. The van der Waals surface area contributed by atoms with Gasteiger partial charge < -0.3 is 15.4 Å². The number of hydrogen-bond donors (Lipinski definition) is 2. The molecule has 8 heteroatoms. The molecule has 0 aliphatic heterocycles. The molecule has 140 valence electrons. The fraction of sp³-hybridized carbons (Fsp3) is 0.529. The van der Waals surface area contributed by atoms with Crippen LogP contribution in [-0.4, -0.2) is 17.9 Å². The Morgan fingerprint density at radius 3 is 2.08 bits per heavy atom. The van der Waals surface area contributed by atoms with Crippen molar-refractivity contribution in [2.24, 2.45) is 0 Å². The number of rotatable bonds is 9. The first-order valence-corrected chi connectivity index (χ1v) is 8.35. The number of carbonyl (C=O) groups excluding carboxylic acids is 1. The monoisotopic (exact) mass is 378 g/mol. The summed E-state index contributed by atoms with van der Waals surface area (Å²) in [6.45, 7) is 1.84. The number of alkyl halides is 4. The Labute approximate surface area is 150 Å². The second kappa shape index (κ2) is 9.12. The van der Waals surface area contributed by atoms with Crippen LogP contribution in [0.25, 0.3) is 0 Å². The van der Waals surface area contributed by atoms with E-state index in [2.05, 4.69) is 10.6 Å². The van der Waals surface area contributed by atoms with E-state index in [1.165, 1.54) is 0 Å². The minimum absolute atomic E-state index is 0.0778. The lowest BCUT2D eigenvalue weighted by atomic mass is 10.0.